The van der Waals surface area contributed by atoms with E-state index < -0.39 is 0 Å². The topological polar surface area (TPSA) is 46.6 Å². The molecule has 1 aliphatic heterocycles. The van der Waals surface area contributed by atoms with Gasteiger partial charge in [-0.15, -0.1) is 0 Å². The lowest BCUT2D eigenvalue weighted by atomic mass is 10.1. The van der Waals surface area contributed by atoms with Gasteiger partial charge in [0.05, 0.1) is 18.1 Å². The van der Waals surface area contributed by atoms with Crippen LogP contribution in [0.25, 0.3) is 0 Å². The highest BCUT2D eigenvalue weighted by Gasteiger charge is 2.26. The Morgan fingerprint density at radius 1 is 1.44 bits per heavy atom. The third kappa shape index (κ3) is 2.23. The minimum atomic E-state index is -0.338. The Labute approximate surface area is 107 Å². The highest BCUT2D eigenvalue weighted by Crippen LogP contribution is 2.29. The van der Waals surface area contributed by atoms with E-state index in [4.69, 9.17) is 4.74 Å². The second-order valence-corrected chi connectivity index (χ2v) is 4.61. The van der Waals surface area contributed by atoms with Crippen molar-refractivity contribution in [3.63, 3.8) is 0 Å². The molecule has 18 heavy (non-hydrogen) atoms. The zero-order valence-corrected chi connectivity index (χ0v) is 10.9. The summed E-state index contributed by atoms with van der Waals surface area (Å²) in [4.78, 5) is 25.2. The molecule has 0 spiro atoms. The van der Waals surface area contributed by atoms with Crippen LogP contribution in [-0.2, 0) is 16.0 Å². The number of esters is 1. The highest BCUT2D eigenvalue weighted by atomic mass is 16.5. The van der Waals surface area contributed by atoms with Gasteiger partial charge in [-0.2, -0.15) is 0 Å². The number of hydrogen-bond donors (Lipinski definition) is 0. The predicted octanol–water partition coefficient (Wildman–Crippen LogP) is 2.16. The zero-order valence-electron chi connectivity index (χ0n) is 10.9. The van der Waals surface area contributed by atoms with Crippen molar-refractivity contribution >= 4 is 17.6 Å². The Bertz CT molecular complexity index is 494. The van der Waals surface area contributed by atoms with Crippen molar-refractivity contribution in [2.45, 2.75) is 33.3 Å². The molecule has 0 saturated heterocycles. The van der Waals surface area contributed by atoms with Crippen molar-refractivity contribution in [3.05, 3.63) is 29.3 Å². The number of fused-ring (bicyclic) bond motifs is 1. The monoisotopic (exact) mass is 247 g/mol. The van der Waals surface area contributed by atoms with Crippen LogP contribution < -0.4 is 4.90 Å². The summed E-state index contributed by atoms with van der Waals surface area (Å²) in [5.74, 6) is -0.253. The summed E-state index contributed by atoms with van der Waals surface area (Å²) in [7, 11) is 0. The lowest BCUT2D eigenvalue weighted by molar-refractivity contribution is -0.117. The molecule has 1 aromatic carbocycles. The fourth-order valence-corrected chi connectivity index (χ4v) is 2.14. The van der Waals surface area contributed by atoms with Gasteiger partial charge in [0.2, 0.25) is 5.91 Å². The molecule has 4 heteroatoms. The van der Waals surface area contributed by atoms with E-state index in [1.165, 1.54) is 0 Å². The maximum Gasteiger partial charge on any atom is 0.338 e. The van der Waals surface area contributed by atoms with Crippen molar-refractivity contribution < 1.29 is 14.3 Å². The predicted molar refractivity (Wildman–Crippen MR) is 68.7 cm³/mol. The first-order chi connectivity index (χ1) is 8.52. The molecule has 1 aliphatic rings. The van der Waals surface area contributed by atoms with Gasteiger partial charge in [-0.05, 0) is 44.5 Å². The molecule has 0 aromatic heterocycles. The largest absolute Gasteiger partial charge is 0.459 e. The molecule has 2 rings (SSSR count). The van der Waals surface area contributed by atoms with Gasteiger partial charge >= 0.3 is 5.97 Å². The van der Waals surface area contributed by atoms with E-state index in [0.29, 0.717) is 18.5 Å². The molecule has 96 valence electrons. The van der Waals surface area contributed by atoms with Crippen LogP contribution in [0.2, 0.25) is 0 Å². The Hall–Kier alpha value is -1.84. The number of benzene rings is 1. The van der Waals surface area contributed by atoms with E-state index in [1.807, 2.05) is 26.8 Å². The first kappa shape index (κ1) is 12.6. The maximum atomic E-state index is 11.8. The standard InChI is InChI=1S/C14H17NO3/c1-4-15-12-6-5-10(14(17)18-9(2)3)7-11(12)8-13(15)16/h5-7,9H,4,8H2,1-3H3. The summed E-state index contributed by atoms with van der Waals surface area (Å²) < 4.78 is 5.14. The molecule has 1 aromatic rings. The molecule has 0 saturated carbocycles. The lowest BCUT2D eigenvalue weighted by Crippen LogP contribution is -2.25. The van der Waals surface area contributed by atoms with Crippen molar-refractivity contribution in [2.75, 3.05) is 11.4 Å². The maximum absolute atomic E-state index is 11.8. The molecule has 0 bridgehead atoms. The summed E-state index contributed by atoms with van der Waals surface area (Å²) in [5.41, 5.74) is 2.32. The minimum Gasteiger partial charge on any atom is -0.459 e. The van der Waals surface area contributed by atoms with Crippen LogP contribution >= 0.6 is 0 Å². The van der Waals surface area contributed by atoms with Crippen LogP contribution in [0.4, 0.5) is 5.69 Å². The van der Waals surface area contributed by atoms with Crippen molar-refractivity contribution in [1.29, 1.82) is 0 Å². The van der Waals surface area contributed by atoms with Gasteiger partial charge in [0.1, 0.15) is 0 Å². The Balaban J connectivity index is 2.27. The van der Waals surface area contributed by atoms with Gasteiger partial charge in [-0.1, -0.05) is 0 Å². The number of carbonyl (C=O) groups is 2. The average Bonchev–Trinajstić information content (AvgIpc) is 2.62. The fraction of sp³-hybridized carbons (Fsp3) is 0.429. The molecule has 4 nitrogen and oxygen atoms in total. The third-order valence-electron chi connectivity index (χ3n) is 2.91. The number of carbonyl (C=O) groups excluding carboxylic acids is 2. The molecular weight excluding hydrogens is 230 g/mol. The molecule has 0 unspecified atom stereocenters. The van der Waals surface area contributed by atoms with E-state index in [0.717, 1.165) is 11.3 Å². The van der Waals surface area contributed by atoms with Gasteiger partial charge in [0.15, 0.2) is 0 Å². The van der Waals surface area contributed by atoms with Crippen LogP contribution in [0.5, 0.6) is 0 Å². The van der Waals surface area contributed by atoms with Gasteiger partial charge in [0.25, 0.3) is 0 Å². The van der Waals surface area contributed by atoms with Crippen LogP contribution in [0.15, 0.2) is 18.2 Å². The molecule has 0 N–H and O–H groups in total. The average molecular weight is 247 g/mol. The number of amides is 1. The Morgan fingerprint density at radius 3 is 2.78 bits per heavy atom. The summed E-state index contributed by atoms with van der Waals surface area (Å²) in [6, 6.07) is 5.29. The molecular formula is C14H17NO3. The SMILES string of the molecule is CCN1C(=O)Cc2cc(C(=O)OC(C)C)ccc21. The minimum absolute atomic E-state index is 0.0851. The van der Waals surface area contributed by atoms with E-state index in [-0.39, 0.29) is 18.0 Å². The number of hydrogen-bond acceptors (Lipinski definition) is 3. The first-order valence-corrected chi connectivity index (χ1v) is 6.17. The molecule has 0 fully saturated rings. The number of likely N-dealkylation sites (N-methyl/N-ethyl adjacent to an activating group) is 1. The Kier molecular flexibility index (Phi) is 3.36. The third-order valence-corrected chi connectivity index (χ3v) is 2.91. The van der Waals surface area contributed by atoms with E-state index in [1.54, 1.807) is 17.0 Å². The normalized spacial score (nSPS) is 14.0. The van der Waals surface area contributed by atoms with Crippen LogP contribution in [0.3, 0.4) is 0 Å². The van der Waals surface area contributed by atoms with Crippen LogP contribution in [0, 0.1) is 0 Å². The number of ether oxygens (including phenoxy) is 1. The van der Waals surface area contributed by atoms with Crippen LogP contribution in [-0.4, -0.2) is 24.5 Å². The number of nitrogens with zero attached hydrogens (tertiary/aromatic N) is 1. The van der Waals surface area contributed by atoms with E-state index >= 15 is 0 Å². The van der Waals surface area contributed by atoms with Gasteiger partial charge in [-0.3, -0.25) is 4.79 Å². The lowest BCUT2D eigenvalue weighted by Gasteiger charge is -2.14. The van der Waals surface area contributed by atoms with Gasteiger partial charge in [-0.25, -0.2) is 4.79 Å². The fourth-order valence-electron chi connectivity index (χ4n) is 2.14. The quantitative estimate of drug-likeness (QED) is 0.769. The van der Waals surface area contributed by atoms with E-state index in [2.05, 4.69) is 0 Å². The van der Waals surface area contributed by atoms with E-state index in [9.17, 15) is 9.59 Å². The molecule has 0 radical (unpaired) electrons. The second-order valence-electron chi connectivity index (χ2n) is 4.61. The molecule has 0 aliphatic carbocycles. The van der Waals surface area contributed by atoms with Gasteiger partial charge < -0.3 is 9.64 Å². The first-order valence-electron chi connectivity index (χ1n) is 6.17. The highest BCUT2D eigenvalue weighted by molar-refractivity contribution is 6.02. The summed E-state index contributed by atoms with van der Waals surface area (Å²) >= 11 is 0. The number of anilines is 1. The second kappa shape index (κ2) is 4.80. The Morgan fingerprint density at radius 2 is 2.17 bits per heavy atom. The zero-order chi connectivity index (χ0) is 13.3. The van der Waals surface area contributed by atoms with Crippen molar-refractivity contribution in [1.82, 2.24) is 0 Å². The molecule has 1 heterocycles. The van der Waals surface area contributed by atoms with Crippen molar-refractivity contribution in [3.8, 4) is 0 Å². The summed E-state index contributed by atoms with van der Waals surface area (Å²) in [6.07, 6.45) is 0.228. The summed E-state index contributed by atoms with van der Waals surface area (Å²) in [6.45, 7) is 6.22. The van der Waals surface area contributed by atoms with Crippen molar-refractivity contribution in [2.24, 2.45) is 0 Å². The van der Waals surface area contributed by atoms with Crippen LogP contribution in [0.1, 0.15) is 36.7 Å². The summed E-state index contributed by atoms with van der Waals surface area (Å²) in [5, 5.41) is 0. The van der Waals surface area contributed by atoms with Gasteiger partial charge in [0, 0.05) is 12.2 Å². The number of rotatable bonds is 3. The molecule has 1 amide bonds. The molecule has 0 atom stereocenters. The smallest absolute Gasteiger partial charge is 0.338 e.